The van der Waals surface area contributed by atoms with Gasteiger partial charge in [0, 0.05) is 18.7 Å². The molecule has 0 radical (unpaired) electrons. The van der Waals surface area contributed by atoms with Crippen LogP contribution in [0.5, 0.6) is 5.75 Å². The van der Waals surface area contributed by atoms with Gasteiger partial charge >= 0.3 is 0 Å². The van der Waals surface area contributed by atoms with E-state index in [1.165, 1.54) is 4.90 Å². The van der Waals surface area contributed by atoms with Crippen molar-refractivity contribution < 1.29 is 24.2 Å². The number of Topliss-reactive ketones (excluding diaryl/α,β-unsaturated/α-hetero) is 1. The highest BCUT2D eigenvalue weighted by Gasteiger charge is 2.47. The number of ketones is 1. The number of aliphatic hydroxyl groups excluding tert-OH is 1. The monoisotopic (exact) mass is 407 g/mol. The first-order valence-electron chi connectivity index (χ1n) is 10.1. The summed E-state index contributed by atoms with van der Waals surface area (Å²) in [7, 11) is 1.56. The summed E-state index contributed by atoms with van der Waals surface area (Å²) in [6, 6.07) is 13.8. The lowest BCUT2D eigenvalue weighted by Gasteiger charge is -2.27. The maximum absolute atomic E-state index is 13.0. The Balaban J connectivity index is 1.83. The highest BCUT2D eigenvalue weighted by Crippen LogP contribution is 2.40. The number of benzene rings is 2. The second-order valence-electron chi connectivity index (χ2n) is 7.73. The van der Waals surface area contributed by atoms with Gasteiger partial charge in [0.15, 0.2) is 0 Å². The molecule has 2 fully saturated rings. The standard InChI is InChI=1S/C24H25NO5/c1-15-8-10-16(11-9-15)22(26)20-21(17-5-3-6-18(13-17)29-2)25(24(28)23(20)27)14-19-7-4-12-30-19/h3,5-6,8-11,13,19,21,26H,4,7,12,14H2,1-2H3/t19-,21+/m1/s1. The lowest BCUT2D eigenvalue weighted by atomic mass is 9.94. The van der Waals surface area contributed by atoms with Crippen molar-refractivity contribution >= 4 is 17.4 Å². The molecule has 0 saturated carbocycles. The van der Waals surface area contributed by atoms with Gasteiger partial charge in [-0.05, 0) is 37.5 Å². The molecule has 30 heavy (non-hydrogen) atoms. The Bertz CT molecular complexity index is 989. The average Bonchev–Trinajstić information content (AvgIpc) is 3.36. The quantitative estimate of drug-likeness (QED) is 0.466. The second kappa shape index (κ2) is 8.32. The molecule has 0 spiro atoms. The van der Waals surface area contributed by atoms with Gasteiger partial charge in [-0.1, -0.05) is 42.0 Å². The van der Waals surface area contributed by atoms with Crippen LogP contribution in [-0.2, 0) is 14.3 Å². The summed E-state index contributed by atoms with van der Waals surface area (Å²) >= 11 is 0. The molecule has 2 heterocycles. The molecule has 6 nitrogen and oxygen atoms in total. The Hall–Kier alpha value is -3.12. The molecule has 2 aromatic rings. The predicted molar refractivity (Wildman–Crippen MR) is 112 cm³/mol. The molecule has 1 N–H and O–H groups in total. The van der Waals surface area contributed by atoms with E-state index in [0.29, 0.717) is 30.0 Å². The van der Waals surface area contributed by atoms with Crippen LogP contribution in [0.2, 0.25) is 0 Å². The van der Waals surface area contributed by atoms with E-state index in [2.05, 4.69) is 0 Å². The number of carbonyl (C=O) groups excluding carboxylic acids is 2. The Labute approximate surface area is 175 Å². The smallest absolute Gasteiger partial charge is 0.295 e. The number of amides is 1. The van der Waals surface area contributed by atoms with Crippen molar-refractivity contribution in [3.8, 4) is 5.75 Å². The molecule has 0 unspecified atom stereocenters. The number of methoxy groups -OCH3 is 1. The van der Waals surface area contributed by atoms with Gasteiger partial charge in [0.25, 0.3) is 11.7 Å². The average molecular weight is 407 g/mol. The minimum Gasteiger partial charge on any atom is -0.507 e. The van der Waals surface area contributed by atoms with Crippen molar-refractivity contribution in [1.82, 2.24) is 4.90 Å². The molecular weight excluding hydrogens is 382 g/mol. The van der Waals surface area contributed by atoms with Crippen molar-refractivity contribution in [2.75, 3.05) is 20.3 Å². The molecule has 156 valence electrons. The van der Waals surface area contributed by atoms with Gasteiger partial charge in [0.2, 0.25) is 0 Å². The van der Waals surface area contributed by atoms with Crippen molar-refractivity contribution in [2.24, 2.45) is 0 Å². The zero-order valence-electron chi connectivity index (χ0n) is 17.1. The zero-order chi connectivity index (χ0) is 21.3. The fraction of sp³-hybridized carbons (Fsp3) is 0.333. The van der Waals surface area contributed by atoms with Crippen molar-refractivity contribution in [3.05, 3.63) is 70.8 Å². The largest absolute Gasteiger partial charge is 0.507 e. The number of nitrogens with zero attached hydrogens (tertiary/aromatic N) is 1. The number of rotatable bonds is 5. The molecule has 2 saturated heterocycles. The highest BCUT2D eigenvalue weighted by atomic mass is 16.5. The first-order valence-corrected chi connectivity index (χ1v) is 10.1. The third-order valence-corrected chi connectivity index (χ3v) is 5.70. The summed E-state index contributed by atoms with van der Waals surface area (Å²) in [5.41, 5.74) is 2.34. The minimum atomic E-state index is -0.703. The molecule has 1 amide bonds. The zero-order valence-corrected chi connectivity index (χ0v) is 17.1. The molecule has 0 aromatic heterocycles. The van der Waals surface area contributed by atoms with E-state index in [-0.39, 0.29) is 17.4 Å². The SMILES string of the molecule is COc1cccc([C@H]2C(=C(O)c3ccc(C)cc3)C(=O)C(=O)N2C[C@H]2CCCO2)c1. The Morgan fingerprint density at radius 3 is 2.63 bits per heavy atom. The van der Waals surface area contributed by atoms with Crippen molar-refractivity contribution in [2.45, 2.75) is 31.9 Å². The first kappa shape index (κ1) is 20.2. The first-order chi connectivity index (χ1) is 14.5. The lowest BCUT2D eigenvalue weighted by Crippen LogP contribution is -2.36. The third-order valence-electron chi connectivity index (χ3n) is 5.70. The summed E-state index contributed by atoms with van der Waals surface area (Å²) in [4.78, 5) is 27.5. The number of ether oxygens (including phenoxy) is 2. The van der Waals surface area contributed by atoms with Gasteiger partial charge in [0.05, 0.1) is 24.8 Å². The van der Waals surface area contributed by atoms with Crippen LogP contribution in [-0.4, -0.2) is 48.1 Å². The number of likely N-dealkylation sites (tertiary alicyclic amines) is 1. The number of hydrogen-bond acceptors (Lipinski definition) is 5. The van der Waals surface area contributed by atoms with Crippen molar-refractivity contribution in [3.63, 3.8) is 0 Å². The normalized spacial score (nSPS) is 23.2. The van der Waals surface area contributed by atoms with Gasteiger partial charge in [-0.15, -0.1) is 0 Å². The number of aliphatic hydroxyl groups is 1. The van der Waals surface area contributed by atoms with E-state index < -0.39 is 17.7 Å². The van der Waals surface area contributed by atoms with Crippen LogP contribution >= 0.6 is 0 Å². The molecular formula is C24H25NO5. The van der Waals surface area contributed by atoms with Crippen LogP contribution in [0.1, 0.15) is 35.6 Å². The van der Waals surface area contributed by atoms with Crippen molar-refractivity contribution in [1.29, 1.82) is 0 Å². The molecule has 0 aliphatic carbocycles. The Morgan fingerprint density at radius 2 is 1.97 bits per heavy atom. The predicted octanol–water partition coefficient (Wildman–Crippen LogP) is 3.60. The van der Waals surface area contributed by atoms with Crippen LogP contribution in [0, 0.1) is 6.92 Å². The van der Waals surface area contributed by atoms with E-state index in [4.69, 9.17) is 9.47 Å². The van der Waals surface area contributed by atoms with E-state index in [1.807, 2.05) is 31.2 Å². The van der Waals surface area contributed by atoms with E-state index in [0.717, 1.165) is 18.4 Å². The third kappa shape index (κ3) is 3.71. The lowest BCUT2D eigenvalue weighted by molar-refractivity contribution is -0.140. The summed E-state index contributed by atoms with van der Waals surface area (Å²) in [5.74, 6) is -0.854. The maximum Gasteiger partial charge on any atom is 0.295 e. The molecule has 2 atom stereocenters. The summed E-state index contributed by atoms with van der Waals surface area (Å²) < 4.78 is 11.1. The fourth-order valence-electron chi connectivity index (χ4n) is 4.10. The molecule has 2 aliphatic heterocycles. The maximum atomic E-state index is 13.0. The Morgan fingerprint density at radius 1 is 1.20 bits per heavy atom. The number of carbonyl (C=O) groups is 2. The van der Waals surface area contributed by atoms with E-state index >= 15 is 0 Å². The van der Waals surface area contributed by atoms with Crippen LogP contribution < -0.4 is 4.74 Å². The van der Waals surface area contributed by atoms with Gasteiger partial charge < -0.3 is 19.5 Å². The van der Waals surface area contributed by atoms with Crippen LogP contribution in [0.3, 0.4) is 0 Å². The Kier molecular flexibility index (Phi) is 5.59. The van der Waals surface area contributed by atoms with Gasteiger partial charge in [-0.2, -0.15) is 0 Å². The van der Waals surface area contributed by atoms with E-state index in [9.17, 15) is 14.7 Å². The summed E-state index contributed by atoms with van der Waals surface area (Å²) in [6.45, 7) is 2.90. The van der Waals surface area contributed by atoms with Crippen LogP contribution in [0.15, 0.2) is 54.1 Å². The second-order valence-corrected chi connectivity index (χ2v) is 7.73. The summed E-state index contributed by atoms with van der Waals surface area (Å²) in [5, 5.41) is 11.1. The van der Waals surface area contributed by atoms with Crippen LogP contribution in [0.4, 0.5) is 0 Å². The molecule has 0 bridgehead atoms. The molecule has 6 heteroatoms. The molecule has 2 aliphatic rings. The fourth-order valence-corrected chi connectivity index (χ4v) is 4.10. The van der Waals surface area contributed by atoms with Gasteiger partial charge in [-0.25, -0.2) is 0 Å². The highest BCUT2D eigenvalue weighted by molar-refractivity contribution is 6.46. The molecule has 4 rings (SSSR count). The van der Waals surface area contributed by atoms with E-state index in [1.54, 1.807) is 31.4 Å². The minimum absolute atomic E-state index is 0.0927. The topological polar surface area (TPSA) is 76.1 Å². The summed E-state index contributed by atoms with van der Waals surface area (Å²) in [6.07, 6.45) is 1.66. The number of aryl methyl sites for hydroxylation is 1. The van der Waals surface area contributed by atoms with Crippen LogP contribution in [0.25, 0.3) is 5.76 Å². The number of hydrogen-bond donors (Lipinski definition) is 1. The molecule has 2 aromatic carbocycles. The van der Waals surface area contributed by atoms with Gasteiger partial charge in [-0.3, -0.25) is 9.59 Å². The van der Waals surface area contributed by atoms with Gasteiger partial charge in [0.1, 0.15) is 11.5 Å².